The van der Waals surface area contributed by atoms with Gasteiger partial charge in [0, 0.05) is 19.5 Å². The van der Waals surface area contributed by atoms with Crippen LogP contribution in [0.1, 0.15) is 38.2 Å². The monoisotopic (exact) mass is 379 g/mol. The zero-order chi connectivity index (χ0) is 19.9. The van der Waals surface area contributed by atoms with Crippen LogP contribution in [0.3, 0.4) is 0 Å². The molecule has 6 nitrogen and oxygen atoms in total. The maximum Gasteiger partial charge on any atom is 0.314 e. The van der Waals surface area contributed by atoms with Gasteiger partial charge in [0.05, 0.1) is 25.6 Å². The summed E-state index contributed by atoms with van der Waals surface area (Å²) in [5.41, 5.74) is -0.0548. The summed E-state index contributed by atoms with van der Waals surface area (Å²) in [6.45, 7) is 2.75. The summed E-state index contributed by atoms with van der Waals surface area (Å²) < 4.78 is 23.1. The van der Waals surface area contributed by atoms with Crippen LogP contribution in [-0.4, -0.2) is 49.6 Å². The molecule has 148 valence electrons. The third kappa shape index (κ3) is 5.52. The molecule has 1 aliphatic heterocycles. The van der Waals surface area contributed by atoms with Gasteiger partial charge < -0.3 is 14.4 Å². The number of nitrogens with zero attached hydrogens (tertiary/aromatic N) is 1. The average molecular weight is 379 g/mol. The van der Waals surface area contributed by atoms with E-state index in [9.17, 15) is 18.8 Å². The quantitative estimate of drug-likeness (QED) is 0.681. The number of piperidine rings is 1. The minimum atomic E-state index is -0.868. The first kappa shape index (κ1) is 20.9. The summed E-state index contributed by atoms with van der Waals surface area (Å²) in [5.74, 6) is -1.32. The summed E-state index contributed by atoms with van der Waals surface area (Å²) in [6, 6.07) is 6.01. The summed E-state index contributed by atoms with van der Waals surface area (Å²) in [4.78, 5) is 38.2. The molecule has 0 bridgehead atoms. The summed E-state index contributed by atoms with van der Waals surface area (Å²) in [6.07, 6.45) is 1.67. The van der Waals surface area contributed by atoms with Crippen LogP contribution in [0.25, 0.3) is 0 Å². The number of hydrogen-bond acceptors (Lipinski definition) is 5. The minimum Gasteiger partial charge on any atom is -0.469 e. The Hall–Kier alpha value is -2.44. The van der Waals surface area contributed by atoms with E-state index in [2.05, 4.69) is 4.74 Å². The summed E-state index contributed by atoms with van der Waals surface area (Å²) >= 11 is 0. The van der Waals surface area contributed by atoms with Crippen molar-refractivity contribution >= 4 is 17.8 Å². The van der Waals surface area contributed by atoms with Gasteiger partial charge in [-0.2, -0.15) is 0 Å². The van der Waals surface area contributed by atoms with E-state index in [-0.39, 0.29) is 43.7 Å². The highest BCUT2D eigenvalue weighted by Gasteiger charge is 2.44. The van der Waals surface area contributed by atoms with Crippen LogP contribution < -0.4 is 0 Å². The Bertz CT molecular complexity index is 675. The average Bonchev–Trinajstić information content (AvgIpc) is 2.68. The maximum atomic E-state index is 13.2. The molecule has 1 aromatic carbocycles. The van der Waals surface area contributed by atoms with Crippen molar-refractivity contribution in [3.05, 3.63) is 35.6 Å². The number of ether oxygens (including phenoxy) is 2. The lowest BCUT2D eigenvalue weighted by Crippen LogP contribution is -2.51. The number of halogens is 1. The minimum absolute atomic E-state index is 0.0101. The molecule has 1 aliphatic rings. The van der Waals surface area contributed by atoms with Gasteiger partial charge in [-0.1, -0.05) is 12.1 Å². The molecule has 0 spiro atoms. The van der Waals surface area contributed by atoms with E-state index in [0.29, 0.717) is 25.8 Å². The van der Waals surface area contributed by atoms with Gasteiger partial charge in [0.25, 0.3) is 0 Å². The molecule has 0 saturated carbocycles. The molecule has 27 heavy (non-hydrogen) atoms. The summed E-state index contributed by atoms with van der Waals surface area (Å²) in [7, 11) is 1.28. The van der Waals surface area contributed by atoms with Crippen LogP contribution in [0, 0.1) is 11.2 Å². The summed E-state index contributed by atoms with van der Waals surface area (Å²) in [5, 5.41) is 0. The Morgan fingerprint density at radius 1 is 1.19 bits per heavy atom. The lowest BCUT2D eigenvalue weighted by Gasteiger charge is -2.41. The predicted octanol–water partition coefficient (Wildman–Crippen LogP) is 2.49. The van der Waals surface area contributed by atoms with Crippen molar-refractivity contribution in [1.29, 1.82) is 0 Å². The van der Waals surface area contributed by atoms with Crippen LogP contribution >= 0.6 is 0 Å². The second kappa shape index (κ2) is 9.48. The van der Waals surface area contributed by atoms with Crippen molar-refractivity contribution in [3.63, 3.8) is 0 Å². The molecule has 0 N–H and O–H groups in total. The third-order valence-corrected chi connectivity index (χ3v) is 4.86. The molecule has 1 amide bonds. The molecule has 1 fully saturated rings. The number of benzene rings is 1. The second-order valence-electron chi connectivity index (χ2n) is 6.80. The highest BCUT2D eigenvalue weighted by Crippen LogP contribution is 2.35. The topological polar surface area (TPSA) is 72.9 Å². The lowest BCUT2D eigenvalue weighted by atomic mass is 9.75. The highest BCUT2D eigenvalue weighted by atomic mass is 19.1. The van der Waals surface area contributed by atoms with Crippen molar-refractivity contribution in [2.75, 3.05) is 26.8 Å². The molecule has 1 saturated heterocycles. The Balaban J connectivity index is 2.16. The number of carbonyl (C=O) groups excluding carboxylic acids is 3. The van der Waals surface area contributed by atoms with E-state index >= 15 is 0 Å². The molecular weight excluding hydrogens is 353 g/mol. The largest absolute Gasteiger partial charge is 0.469 e. The van der Waals surface area contributed by atoms with Crippen LogP contribution in [0.5, 0.6) is 0 Å². The highest BCUT2D eigenvalue weighted by molar-refractivity contribution is 5.83. The van der Waals surface area contributed by atoms with Gasteiger partial charge >= 0.3 is 11.9 Å². The van der Waals surface area contributed by atoms with Gasteiger partial charge in [-0.05, 0) is 43.9 Å². The van der Waals surface area contributed by atoms with E-state index < -0.39 is 11.4 Å². The Labute approximate surface area is 158 Å². The van der Waals surface area contributed by atoms with Crippen molar-refractivity contribution in [2.24, 2.45) is 5.41 Å². The first-order chi connectivity index (χ1) is 12.9. The van der Waals surface area contributed by atoms with E-state index in [0.717, 1.165) is 5.56 Å². The smallest absolute Gasteiger partial charge is 0.314 e. The molecule has 7 heteroatoms. The van der Waals surface area contributed by atoms with E-state index in [1.807, 2.05) is 0 Å². The number of hydrogen-bond donors (Lipinski definition) is 0. The number of methoxy groups -OCH3 is 1. The molecule has 0 aliphatic carbocycles. The number of esters is 2. The van der Waals surface area contributed by atoms with Crippen LogP contribution in [0.2, 0.25) is 0 Å². The van der Waals surface area contributed by atoms with Gasteiger partial charge in [0.1, 0.15) is 5.82 Å². The Kier molecular flexibility index (Phi) is 7.33. The lowest BCUT2D eigenvalue weighted by molar-refractivity contribution is -0.161. The van der Waals surface area contributed by atoms with Crippen molar-refractivity contribution in [3.8, 4) is 0 Å². The Morgan fingerprint density at radius 3 is 2.52 bits per heavy atom. The number of rotatable bonds is 7. The van der Waals surface area contributed by atoms with Gasteiger partial charge in [-0.3, -0.25) is 14.4 Å². The zero-order valence-electron chi connectivity index (χ0n) is 15.8. The third-order valence-electron chi connectivity index (χ3n) is 4.86. The number of likely N-dealkylation sites (tertiary alicyclic amines) is 1. The fourth-order valence-corrected chi connectivity index (χ4v) is 3.47. The Morgan fingerprint density at radius 2 is 1.89 bits per heavy atom. The molecule has 1 unspecified atom stereocenters. The van der Waals surface area contributed by atoms with Crippen LogP contribution in [-0.2, 0) is 30.3 Å². The standard InChI is InChI=1S/C20H26FNO5/c1-3-27-19(25)20(13-15-5-7-16(21)8-6-15)11-4-12-22(14-20)17(23)9-10-18(24)26-2/h5-8H,3-4,9-14H2,1-2H3. The SMILES string of the molecule is CCOC(=O)C1(Cc2ccc(F)cc2)CCCN(C(=O)CCC(=O)OC)C1. The van der Waals surface area contributed by atoms with Crippen molar-refractivity contribution < 1.29 is 28.2 Å². The number of amides is 1. The molecule has 0 aromatic heterocycles. The van der Waals surface area contributed by atoms with Gasteiger partial charge in [0.15, 0.2) is 0 Å². The first-order valence-electron chi connectivity index (χ1n) is 9.16. The van der Waals surface area contributed by atoms with Crippen LogP contribution in [0.15, 0.2) is 24.3 Å². The molecular formula is C20H26FNO5. The number of carbonyl (C=O) groups is 3. The first-order valence-corrected chi connectivity index (χ1v) is 9.16. The molecule has 1 atom stereocenters. The molecule has 0 radical (unpaired) electrons. The van der Waals surface area contributed by atoms with Crippen molar-refractivity contribution in [2.45, 2.75) is 39.0 Å². The van der Waals surface area contributed by atoms with Crippen LogP contribution in [0.4, 0.5) is 4.39 Å². The van der Waals surface area contributed by atoms with E-state index in [1.165, 1.54) is 19.2 Å². The molecule has 2 rings (SSSR count). The van der Waals surface area contributed by atoms with E-state index in [1.54, 1.807) is 24.0 Å². The maximum absolute atomic E-state index is 13.2. The normalized spacial score (nSPS) is 19.4. The van der Waals surface area contributed by atoms with Crippen molar-refractivity contribution in [1.82, 2.24) is 4.90 Å². The second-order valence-corrected chi connectivity index (χ2v) is 6.80. The van der Waals surface area contributed by atoms with Gasteiger partial charge in [-0.15, -0.1) is 0 Å². The van der Waals surface area contributed by atoms with Gasteiger partial charge in [0.2, 0.25) is 5.91 Å². The fourth-order valence-electron chi connectivity index (χ4n) is 3.47. The van der Waals surface area contributed by atoms with E-state index in [4.69, 9.17) is 4.74 Å². The zero-order valence-corrected chi connectivity index (χ0v) is 15.8. The predicted molar refractivity (Wildman–Crippen MR) is 96.2 cm³/mol. The van der Waals surface area contributed by atoms with Gasteiger partial charge in [-0.25, -0.2) is 4.39 Å². The fraction of sp³-hybridized carbons (Fsp3) is 0.550. The molecule has 1 heterocycles. The molecule has 1 aromatic rings.